The molecule has 2 saturated carbocycles. The van der Waals surface area contributed by atoms with E-state index in [0.29, 0.717) is 5.56 Å². The van der Waals surface area contributed by atoms with E-state index in [1.165, 1.54) is 58.9 Å². The molecule has 3 aromatic carbocycles. The molecule has 0 aromatic heterocycles. The van der Waals surface area contributed by atoms with Gasteiger partial charge in [0.15, 0.2) is 17.5 Å². The first-order valence-corrected chi connectivity index (χ1v) is 22.8. The Morgan fingerprint density at radius 2 is 1.39 bits per heavy atom. The molecule has 3 aromatic rings. The van der Waals surface area contributed by atoms with Crippen molar-refractivity contribution in [2.75, 3.05) is 6.61 Å². The first kappa shape index (κ1) is 50.3. The third-order valence-corrected chi connectivity index (χ3v) is 14.4. The molecule has 1 saturated heterocycles. The van der Waals surface area contributed by atoms with Crippen molar-refractivity contribution < 1.29 is 77.0 Å². The van der Waals surface area contributed by atoms with Crippen LogP contribution in [-0.2, 0) is 57.2 Å². The second-order valence-electron chi connectivity index (χ2n) is 19.0. The van der Waals surface area contributed by atoms with Gasteiger partial charge in [0.1, 0.15) is 35.7 Å². The lowest BCUT2D eigenvalue weighted by molar-refractivity contribution is -0.346. The molecule has 4 aliphatic rings. The Hall–Kier alpha value is -6.56. The number of nitrogens with one attached hydrogen (secondary N) is 1. The third-order valence-electron chi connectivity index (χ3n) is 14.4. The molecule has 11 atom stereocenters. The topological polar surface area (TPSA) is 244 Å². The number of Topliss-reactive ketones (excluding diaryl/α,β-unsaturated/α-hetero) is 2. The van der Waals surface area contributed by atoms with Gasteiger partial charge in [0.2, 0.25) is 6.10 Å². The number of carbonyl (C=O) groups excluding carboxylic acids is 8. The fraction of sp³-hybridized carbons (Fsp3) is 0.462. The molecule has 366 valence electrons. The number of esters is 5. The quantitative estimate of drug-likeness (QED) is 0.113. The standard InChI is InChI=1S/C52H57NO16/c1-28(54)23-24-38(58)67-42(40(32-17-11-8-12-18-32)53-46(60)33-19-13-9-14-20-33)48(62)66-35-26-52(63)45(68-47(61)34-21-15-10-16-22-34)43-50(7,36(57)25-37-51(43,27-64-37)69-31(4)56)44(59)41(65-30(3)55)39(29(35)2)49(52,5)6/h8-22,35-37,40-43,45,57,63H,23-27H2,1-7H3,(H,53,60)/t35-,36-,37?,40-,41+,42+,43?,45-,50+,51-,52+/m0/s1. The predicted molar refractivity (Wildman–Crippen MR) is 241 cm³/mol. The largest absolute Gasteiger partial charge is 0.455 e. The first-order valence-electron chi connectivity index (χ1n) is 22.8. The second kappa shape index (κ2) is 19.4. The summed E-state index contributed by atoms with van der Waals surface area (Å²) in [7, 11) is 0. The van der Waals surface area contributed by atoms with Crippen molar-refractivity contribution in [2.45, 2.75) is 128 Å². The molecule has 3 aliphatic carbocycles. The van der Waals surface area contributed by atoms with E-state index < -0.39 is 125 Å². The molecule has 1 heterocycles. The van der Waals surface area contributed by atoms with E-state index in [0.717, 1.165) is 13.8 Å². The van der Waals surface area contributed by atoms with Gasteiger partial charge in [-0.25, -0.2) is 9.59 Å². The Kier molecular flexibility index (Phi) is 14.2. The number of fused-ring (bicyclic) bond motifs is 5. The molecule has 17 nitrogen and oxygen atoms in total. The fourth-order valence-electron chi connectivity index (χ4n) is 10.8. The lowest BCUT2D eigenvalue weighted by Crippen LogP contribution is -2.82. The minimum Gasteiger partial charge on any atom is -0.455 e. The number of aliphatic hydroxyl groups excluding tert-OH is 1. The molecule has 17 heteroatoms. The molecule has 3 fully saturated rings. The summed E-state index contributed by atoms with van der Waals surface area (Å²) in [5, 5.41) is 28.9. The van der Waals surface area contributed by atoms with Gasteiger partial charge in [-0.05, 0) is 61.7 Å². The summed E-state index contributed by atoms with van der Waals surface area (Å²) in [5.41, 5.74) is -7.52. The molecular formula is C52H57NO16. The van der Waals surface area contributed by atoms with Crippen LogP contribution in [0.4, 0.5) is 0 Å². The zero-order valence-electron chi connectivity index (χ0n) is 39.4. The van der Waals surface area contributed by atoms with Crippen molar-refractivity contribution in [3.8, 4) is 0 Å². The van der Waals surface area contributed by atoms with Crippen molar-refractivity contribution in [3.63, 3.8) is 0 Å². The molecule has 69 heavy (non-hydrogen) atoms. The maximum atomic E-state index is 15.7. The van der Waals surface area contributed by atoms with Gasteiger partial charge in [-0.2, -0.15) is 0 Å². The van der Waals surface area contributed by atoms with E-state index in [2.05, 4.69) is 5.32 Å². The number of hydrogen-bond donors (Lipinski definition) is 3. The lowest BCUT2D eigenvalue weighted by Gasteiger charge is -2.67. The van der Waals surface area contributed by atoms with Gasteiger partial charge < -0.3 is 48.7 Å². The van der Waals surface area contributed by atoms with Crippen LogP contribution in [0.15, 0.2) is 102 Å². The van der Waals surface area contributed by atoms with Gasteiger partial charge in [-0.1, -0.05) is 80.6 Å². The summed E-state index contributed by atoms with van der Waals surface area (Å²) in [6, 6.07) is 22.5. The summed E-state index contributed by atoms with van der Waals surface area (Å²) in [4.78, 5) is 111. The normalized spacial score (nSPS) is 29.7. The van der Waals surface area contributed by atoms with E-state index in [-0.39, 0.29) is 47.5 Å². The minimum atomic E-state index is -2.47. The number of ether oxygens (including phenoxy) is 6. The SMILES string of the molecule is CC(=O)CCC(=O)O[C@@H](C(=O)O[C@H]1C[C@@]2(O)[C@@H](OC(=O)c3ccccc3)C3[C@]4(OC(C)=O)COC4C[C@H](O)[C@@]3(C)C(=O)[C@H](OC(C)=O)C(=C1C)C2(C)C)[C@@H](NC(=O)c1ccccc1)c1ccccc1. The van der Waals surface area contributed by atoms with Crippen molar-refractivity contribution >= 4 is 47.3 Å². The van der Waals surface area contributed by atoms with Gasteiger partial charge in [0.05, 0.1) is 36.0 Å². The number of carbonyl (C=O) groups is 8. The Morgan fingerprint density at radius 1 is 0.797 bits per heavy atom. The molecule has 3 N–H and O–H groups in total. The van der Waals surface area contributed by atoms with Crippen LogP contribution in [-0.4, -0.2) is 112 Å². The summed E-state index contributed by atoms with van der Waals surface area (Å²) in [6.45, 7) is 9.09. The Labute approximate surface area is 398 Å². The van der Waals surface area contributed by atoms with Crippen molar-refractivity contribution in [2.24, 2.45) is 16.7 Å². The van der Waals surface area contributed by atoms with E-state index in [4.69, 9.17) is 28.4 Å². The highest BCUT2D eigenvalue weighted by Gasteiger charge is 2.78. The molecule has 0 radical (unpaired) electrons. The molecular weight excluding hydrogens is 895 g/mol. The number of hydrogen-bond acceptors (Lipinski definition) is 16. The zero-order valence-corrected chi connectivity index (χ0v) is 39.4. The number of aliphatic hydroxyl groups is 2. The smallest absolute Gasteiger partial charge is 0.350 e. The molecule has 0 spiro atoms. The molecule has 2 unspecified atom stereocenters. The fourth-order valence-corrected chi connectivity index (χ4v) is 10.8. The summed E-state index contributed by atoms with van der Waals surface area (Å²) in [5.74, 6) is -8.43. The average molecular weight is 952 g/mol. The van der Waals surface area contributed by atoms with Crippen LogP contribution in [0.3, 0.4) is 0 Å². The predicted octanol–water partition coefficient (Wildman–Crippen LogP) is 4.66. The van der Waals surface area contributed by atoms with Crippen molar-refractivity contribution in [1.82, 2.24) is 5.32 Å². The minimum absolute atomic E-state index is 0.0377. The number of rotatable bonds is 14. The van der Waals surface area contributed by atoms with Gasteiger partial charge in [-0.3, -0.25) is 24.0 Å². The van der Waals surface area contributed by atoms with E-state index >= 15 is 9.59 Å². The highest BCUT2D eigenvalue weighted by molar-refractivity contribution is 5.96. The highest BCUT2D eigenvalue weighted by Crippen LogP contribution is 2.64. The van der Waals surface area contributed by atoms with Crippen LogP contribution in [0.5, 0.6) is 0 Å². The molecule has 7 rings (SSSR count). The Bertz CT molecular complexity index is 2540. The van der Waals surface area contributed by atoms with Crippen LogP contribution >= 0.6 is 0 Å². The van der Waals surface area contributed by atoms with E-state index in [1.54, 1.807) is 66.7 Å². The Balaban J connectivity index is 1.42. The molecule has 2 bridgehead atoms. The second-order valence-corrected chi connectivity index (χ2v) is 19.0. The summed E-state index contributed by atoms with van der Waals surface area (Å²) < 4.78 is 36.5. The summed E-state index contributed by atoms with van der Waals surface area (Å²) >= 11 is 0. The maximum absolute atomic E-state index is 15.7. The van der Waals surface area contributed by atoms with Crippen LogP contribution in [0, 0.1) is 16.7 Å². The average Bonchev–Trinajstić information content (AvgIpc) is 3.30. The van der Waals surface area contributed by atoms with Gasteiger partial charge in [0, 0.05) is 44.1 Å². The van der Waals surface area contributed by atoms with E-state index in [9.17, 15) is 39.0 Å². The number of ketones is 2. The maximum Gasteiger partial charge on any atom is 0.350 e. The third kappa shape index (κ3) is 9.22. The van der Waals surface area contributed by atoms with Gasteiger partial charge in [-0.15, -0.1) is 0 Å². The molecule has 1 amide bonds. The Morgan fingerprint density at radius 3 is 1.94 bits per heavy atom. The summed E-state index contributed by atoms with van der Waals surface area (Å²) in [6.07, 6.45) is -11.5. The first-order chi connectivity index (χ1) is 32.6. The van der Waals surface area contributed by atoms with Gasteiger partial charge in [0.25, 0.3) is 5.91 Å². The van der Waals surface area contributed by atoms with Crippen LogP contribution in [0.1, 0.15) is 106 Å². The van der Waals surface area contributed by atoms with E-state index in [1.807, 2.05) is 0 Å². The molecule has 1 aliphatic heterocycles. The monoisotopic (exact) mass is 951 g/mol. The lowest BCUT2D eigenvalue weighted by atomic mass is 9.44. The number of amides is 1. The van der Waals surface area contributed by atoms with Crippen LogP contribution < -0.4 is 5.32 Å². The van der Waals surface area contributed by atoms with Crippen molar-refractivity contribution in [1.29, 1.82) is 0 Å². The van der Waals surface area contributed by atoms with Crippen LogP contribution in [0.2, 0.25) is 0 Å². The number of benzene rings is 3. The highest BCUT2D eigenvalue weighted by atomic mass is 16.6. The van der Waals surface area contributed by atoms with Gasteiger partial charge >= 0.3 is 29.8 Å². The van der Waals surface area contributed by atoms with Crippen molar-refractivity contribution in [3.05, 3.63) is 119 Å². The van der Waals surface area contributed by atoms with Crippen LogP contribution in [0.25, 0.3) is 0 Å². The zero-order chi connectivity index (χ0) is 50.2.